The summed E-state index contributed by atoms with van der Waals surface area (Å²) in [5.41, 5.74) is 13.5. The third-order valence-electron chi connectivity index (χ3n) is 3.56. The Hall–Kier alpha value is -1.67. The summed E-state index contributed by atoms with van der Waals surface area (Å²) in [4.78, 5) is 4.42. The molecule has 1 heterocycles. The second-order valence-electron chi connectivity index (χ2n) is 4.98. The molecule has 0 amide bonds. The van der Waals surface area contributed by atoms with Crippen LogP contribution in [0.5, 0.6) is 0 Å². The lowest BCUT2D eigenvalue weighted by atomic mass is 9.93. The number of aromatic nitrogens is 1. The molecule has 1 aromatic heterocycles. The predicted octanol–water partition coefficient (Wildman–Crippen LogP) is 3.36. The number of aryl methyl sites for hydroxylation is 4. The van der Waals surface area contributed by atoms with Gasteiger partial charge in [0.05, 0.1) is 11.7 Å². The van der Waals surface area contributed by atoms with Crippen molar-refractivity contribution in [3.8, 4) is 0 Å². The molecule has 0 bridgehead atoms. The van der Waals surface area contributed by atoms with Crippen molar-refractivity contribution < 1.29 is 0 Å². The topological polar surface area (TPSA) is 38.9 Å². The third kappa shape index (κ3) is 2.29. The summed E-state index contributed by atoms with van der Waals surface area (Å²) in [5, 5.41) is 0. The Balaban J connectivity index is 2.50. The normalized spacial score (nSPS) is 12.5. The van der Waals surface area contributed by atoms with Gasteiger partial charge in [-0.1, -0.05) is 18.2 Å². The Morgan fingerprint density at radius 1 is 0.944 bits per heavy atom. The van der Waals surface area contributed by atoms with Crippen LogP contribution in [-0.2, 0) is 0 Å². The molecule has 1 atom stereocenters. The average molecular weight is 240 g/mol. The molecule has 94 valence electrons. The molecular formula is C16H20N2. The van der Waals surface area contributed by atoms with E-state index >= 15 is 0 Å². The van der Waals surface area contributed by atoms with Gasteiger partial charge >= 0.3 is 0 Å². The van der Waals surface area contributed by atoms with Gasteiger partial charge in [0.1, 0.15) is 0 Å². The first-order valence-corrected chi connectivity index (χ1v) is 6.25. The van der Waals surface area contributed by atoms with Gasteiger partial charge in [0.15, 0.2) is 0 Å². The van der Waals surface area contributed by atoms with Crippen molar-refractivity contribution in [3.63, 3.8) is 0 Å². The molecule has 2 aromatic rings. The van der Waals surface area contributed by atoms with Gasteiger partial charge in [0, 0.05) is 6.20 Å². The van der Waals surface area contributed by atoms with E-state index in [1.54, 1.807) is 6.20 Å². The summed E-state index contributed by atoms with van der Waals surface area (Å²) in [7, 11) is 0. The molecule has 0 aliphatic rings. The fourth-order valence-corrected chi connectivity index (χ4v) is 2.29. The molecule has 1 unspecified atom stereocenters. The maximum atomic E-state index is 6.37. The minimum absolute atomic E-state index is 0.148. The number of nitrogens with zero attached hydrogens (tertiary/aromatic N) is 1. The van der Waals surface area contributed by atoms with E-state index in [-0.39, 0.29) is 6.04 Å². The van der Waals surface area contributed by atoms with E-state index in [0.717, 1.165) is 11.3 Å². The first-order chi connectivity index (χ1) is 8.50. The predicted molar refractivity (Wildman–Crippen MR) is 75.7 cm³/mol. The lowest BCUT2D eigenvalue weighted by Gasteiger charge is -2.18. The third-order valence-corrected chi connectivity index (χ3v) is 3.56. The van der Waals surface area contributed by atoms with Gasteiger partial charge in [-0.2, -0.15) is 0 Å². The van der Waals surface area contributed by atoms with Gasteiger partial charge in [0.25, 0.3) is 0 Å². The minimum Gasteiger partial charge on any atom is -0.319 e. The Labute approximate surface area is 109 Å². The van der Waals surface area contributed by atoms with Gasteiger partial charge in [-0.25, -0.2) is 0 Å². The molecule has 2 heteroatoms. The van der Waals surface area contributed by atoms with E-state index in [2.05, 4.69) is 50.9 Å². The van der Waals surface area contributed by atoms with Crippen LogP contribution in [0, 0.1) is 27.7 Å². The second kappa shape index (κ2) is 4.91. The van der Waals surface area contributed by atoms with Gasteiger partial charge in [0.2, 0.25) is 0 Å². The zero-order chi connectivity index (χ0) is 13.3. The quantitative estimate of drug-likeness (QED) is 0.874. The molecule has 1 aromatic carbocycles. The van der Waals surface area contributed by atoms with Crippen LogP contribution in [-0.4, -0.2) is 4.98 Å². The standard InChI is InChI=1S/C16H20N2/c1-10-6-5-7-18-16(10)15(17)14-9-12(3)11(2)8-13(14)4/h5-9,15H,17H2,1-4H3. The van der Waals surface area contributed by atoms with Crippen LogP contribution in [0.1, 0.15) is 39.6 Å². The van der Waals surface area contributed by atoms with Crippen molar-refractivity contribution in [2.45, 2.75) is 33.7 Å². The zero-order valence-corrected chi connectivity index (χ0v) is 11.5. The Morgan fingerprint density at radius 3 is 2.28 bits per heavy atom. The number of hydrogen-bond acceptors (Lipinski definition) is 2. The maximum absolute atomic E-state index is 6.37. The van der Waals surface area contributed by atoms with Crippen LogP contribution in [0.3, 0.4) is 0 Å². The minimum atomic E-state index is -0.148. The van der Waals surface area contributed by atoms with Crippen LogP contribution in [0.25, 0.3) is 0 Å². The first kappa shape index (κ1) is 12.8. The highest BCUT2D eigenvalue weighted by atomic mass is 14.8. The van der Waals surface area contributed by atoms with Crippen LogP contribution >= 0.6 is 0 Å². The van der Waals surface area contributed by atoms with Crippen molar-refractivity contribution in [2.75, 3.05) is 0 Å². The Bertz CT molecular complexity index is 573. The lowest BCUT2D eigenvalue weighted by molar-refractivity contribution is 0.808. The Morgan fingerprint density at radius 2 is 1.61 bits per heavy atom. The zero-order valence-electron chi connectivity index (χ0n) is 11.5. The van der Waals surface area contributed by atoms with E-state index in [1.165, 1.54) is 22.3 Å². The average Bonchev–Trinajstić information content (AvgIpc) is 2.33. The maximum Gasteiger partial charge on any atom is 0.0731 e. The van der Waals surface area contributed by atoms with Crippen LogP contribution in [0.15, 0.2) is 30.5 Å². The van der Waals surface area contributed by atoms with Gasteiger partial charge in [-0.05, 0) is 61.6 Å². The molecule has 0 fully saturated rings. The molecule has 0 spiro atoms. The lowest BCUT2D eigenvalue weighted by Crippen LogP contribution is -2.16. The molecule has 2 N–H and O–H groups in total. The molecule has 18 heavy (non-hydrogen) atoms. The van der Waals surface area contributed by atoms with Crippen molar-refractivity contribution in [2.24, 2.45) is 5.73 Å². The van der Waals surface area contributed by atoms with Gasteiger partial charge in [-0.3, -0.25) is 4.98 Å². The number of rotatable bonds is 2. The molecule has 0 radical (unpaired) electrons. The summed E-state index contributed by atoms with van der Waals surface area (Å²) in [6.07, 6.45) is 1.80. The molecule has 0 saturated heterocycles. The smallest absolute Gasteiger partial charge is 0.0731 e. The van der Waals surface area contributed by atoms with Crippen LogP contribution in [0.2, 0.25) is 0 Å². The highest BCUT2D eigenvalue weighted by molar-refractivity contribution is 5.42. The van der Waals surface area contributed by atoms with E-state index in [0.29, 0.717) is 0 Å². The molecular weight excluding hydrogens is 220 g/mol. The summed E-state index contributed by atoms with van der Waals surface area (Å²) in [5.74, 6) is 0. The van der Waals surface area contributed by atoms with Gasteiger partial charge in [-0.15, -0.1) is 0 Å². The fraction of sp³-hybridized carbons (Fsp3) is 0.312. The molecule has 0 aliphatic carbocycles. The second-order valence-corrected chi connectivity index (χ2v) is 4.98. The highest BCUT2D eigenvalue weighted by Crippen LogP contribution is 2.25. The molecule has 2 rings (SSSR count). The molecule has 0 saturated carbocycles. The summed E-state index contributed by atoms with van der Waals surface area (Å²) in [6.45, 7) is 8.42. The Kier molecular flexibility index (Phi) is 3.48. The van der Waals surface area contributed by atoms with E-state index in [9.17, 15) is 0 Å². The van der Waals surface area contributed by atoms with Crippen molar-refractivity contribution in [1.29, 1.82) is 0 Å². The summed E-state index contributed by atoms with van der Waals surface area (Å²) >= 11 is 0. The number of nitrogens with two attached hydrogens (primary N) is 1. The largest absolute Gasteiger partial charge is 0.319 e. The highest BCUT2D eigenvalue weighted by Gasteiger charge is 2.15. The van der Waals surface area contributed by atoms with Crippen LogP contribution in [0.4, 0.5) is 0 Å². The number of hydrogen-bond donors (Lipinski definition) is 1. The number of benzene rings is 1. The fourth-order valence-electron chi connectivity index (χ4n) is 2.29. The first-order valence-electron chi connectivity index (χ1n) is 6.25. The molecule has 0 aliphatic heterocycles. The van der Waals surface area contributed by atoms with E-state index in [4.69, 9.17) is 5.73 Å². The van der Waals surface area contributed by atoms with Crippen molar-refractivity contribution in [1.82, 2.24) is 4.98 Å². The molecule has 2 nitrogen and oxygen atoms in total. The van der Waals surface area contributed by atoms with Crippen molar-refractivity contribution >= 4 is 0 Å². The van der Waals surface area contributed by atoms with E-state index in [1.807, 2.05) is 6.07 Å². The van der Waals surface area contributed by atoms with Crippen molar-refractivity contribution in [3.05, 3.63) is 64.0 Å². The van der Waals surface area contributed by atoms with E-state index < -0.39 is 0 Å². The SMILES string of the molecule is Cc1cc(C)c(C(N)c2ncccc2C)cc1C. The van der Waals surface area contributed by atoms with Gasteiger partial charge < -0.3 is 5.73 Å². The monoisotopic (exact) mass is 240 g/mol. The number of pyridine rings is 1. The summed E-state index contributed by atoms with van der Waals surface area (Å²) < 4.78 is 0. The van der Waals surface area contributed by atoms with Crippen LogP contribution < -0.4 is 5.73 Å². The summed E-state index contributed by atoms with van der Waals surface area (Å²) in [6, 6.07) is 8.23.